The summed E-state index contributed by atoms with van der Waals surface area (Å²) in [6.07, 6.45) is 0. The van der Waals surface area contributed by atoms with E-state index in [2.05, 4.69) is 217 Å². The Labute approximate surface area is 309 Å². The molecule has 53 heavy (non-hydrogen) atoms. The second-order valence-corrected chi connectivity index (χ2v) is 13.8. The first-order valence-electron chi connectivity index (χ1n) is 18.2. The van der Waals surface area contributed by atoms with Crippen LogP contribution in [0.3, 0.4) is 0 Å². The third-order valence-corrected chi connectivity index (χ3v) is 10.6. The molecule has 10 aromatic rings. The van der Waals surface area contributed by atoms with Crippen molar-refractivity contribution < 1.29 is 0 Å². The van der Waals surface area contributed by atoms with Gasteiger partial charge in [-0.05, 0) is 119 Å². The molecule has 0 spiro atoms. The summed E-state index contributed by atoms with van der Waals surface area (Å²) in [6, 6.07) is 77.2. The van der Waals surface area contributed by atoms with Gasteiger partial charge in [0.2, 0.25) is 0 Å². The molecular formula is C52H35N. The van der Waals surface area contributed by atoms with E-state index in [-0.39, 0.29) is 0 Å². The second kappa shape index (κ2) is 13.0. The van der Waals surface area contributed by atoms with E-state index in [9.17, 15) is 0 Å². The third-order valence-electron chi connectivity index (χ3n) is 10.6. The molecule has 10 aromatic carbocycles. The number of anilines is 3. The summed E-state index contributed by atoms with van der Waals surface area (Å²) in [4.78, 5) is 2.37. The number of fused-ring (bicyclic) bond motifs is 6. The Hall–Kier alpha value is -6.96. The van der Waals surface area contributed by atoms with Gasteiger partial charge in [0, 0.05) is 17.1 Å². The summed E-state index contributed by atoms with van der Waals surface area (Å²) in [5.74, 6) is 0. The van der Waals surface area contributed by atoms with Crippen molar-refractivity contribution in [2.24, 2.45) is 0 Å². The predicted octanol–water partition coefficient (Wildman–Crippen LogP) is 14.8. The zero-order valence-electron chi connectivity index (χ0n) is 29.2. The van der Waals surface area contributed by atoms with Crippen LogP contribution in [0.15, 0.2) is 212 Å². The summed E-state index contributed by atoms with van der Waals surface area (Å²) in [7, 11) is 0. The van der Waals surface area contributed by atoms with E-state index in [0.29, 0.717) is 0 Å². The van der Waals surface area contributed by atoms with Gasteiger partial charge in [-0.1, -0.05) is 170 Å². The molecule has 10 rings (SSSR count). The molecule has 0 saturated heterocycles. The van der Waals surface area contributed by atoms with Gasteiger partial charge in [0.1, 0.15) is 0 Å². The Bertz CT molecular complexity index is 2910. The minimum Gasteiger partial charge on any atom is -0.310 e. The van der Waals surface area contributed by atoms with Crippen molar-refractivity contribution in [3.8, 4) is 33.4 Å². The highest BCUT2D eigenvalue weighted by Gasteiger charge is 2.15. The lowest BCUT2D eigenvalue weighted by Crippen LogP contribution is -2.09. The van der Waals surface area contributed by atoms with Crippen LogP contribution in [0.5, 0.6) is 0 Å². The first-order valence-corrected chi connectivity index (χ1v) is 18.2. The Kier molecular flexibility index (Phi) is 7.55. The highest BCUT2D eigenvalue weighted by atomic mass is 15.1. The molecule has 1 nitrogen and oxygen atoms in total. The average Bonchev–Trinajstić information content (AvgIpc) is 3.24. The summed E-state index contributed by atoms with van der Waals surface area (Å²) >= 11 is 0. The molecule has 0 radical (unpaired) electrons. The Morgan fingerprint density at radius 2 is 0.566 bits per heavy atom. The van der Waals surface area contributed by atoms with Crippen molar-refractivity contribution in [2.45, 2.75) is 0 Å². The fourth-order valence-electron chi connectivity index (χ4n) is 7.87. The fourth-order valence-corrected chi connectivity index (χ4v) is 7.87. The molecule has 0 atom stereocenters. The summed E-state index contributed by atoms with van der Waals surface area (Å²) in [5, 5.41) is 10.1. The van der Waals surface area contributed by atoms with Gasteiger partial charge in [0.05, 0.1) is 0 Å². The van der Waals surface area contributed by atoms with Crippen molar-refractivity contribution >= 4 is 60.2 Å². The number of rotatable bonds is 6. The largest absolute Gasteiger partial charge is 0.310 e. The summed E-state index contributed by atoms with van der Waals surface area (Å²) < 4.78 is 0. The van der Waals surface area contributed by atoms with Gasteiger partial charge in [-0.2, -0.15) is 0 Å². The van der Waals surface area contributed by atoms with Gasteiger partial charge < -0.3 is 4.90 Å². The first-order chi connectivity index (χ1) is 26.2. The van der Waals surface area contributed by atoms with E-state index in [0.717, 1.165) is 17.1 Å². The van der Waals surface area contributed by atoms with E-state index in [1.807, 2.05) is 0 Å². The SMILES string of the molecule is c1ccc(-c2ccc(-c3ccc(N(c4ccc(-c5ccc6c(ccc7ccccc76)c5)cc4)c4ccc5c(ccc6ccccc65)c4)cc3)cc2)cc1. The van der Waals surface area contributed by atoms with Crippen LogP contribution in [-0.4, -0.2) is 0 Å². The highest BCUT2D eigenvalue weighted by Crippen LogP contribution is 2.39. The Morgan fingerprint density at radius 3 is 1.13 bits per heavy atom. The van der Waals surface area contributed by atoms with Crippen LogP contribution in [0, 0.1) is 0 Å². The molecule has 0 fully saturated rings. The average molecular weight is 674 g/mol. The quantitative estimate of drug-likeness (QED) is 0.159. The van der Waals surface area contributed by atoms with Crippen molar-refractivity contribution in [3.63, 3.8) is 0 Å². The Balaban J connectivity index is 1.03. The molecule has 0 aliphatic carbocycles. The van der Waals surface area contributed by atoms with Gasteiger partial charge in [-0.3, -0.25) is 0 Å². The standard InChI is InChI=1S/C52H35N/c1-2-8-36(9-3-1)37-14-16-38(17-15-37)39-22-27-46(28-23-39)53(48-31-33-52-45(35-48)21-19-42-11-5-7-13-50(42)52)47-29-24-40(25-30-47)43-26-32-51-44(34-43)20-18-41-10-4-6-12-49(41)51/h1-35H. The van der Waals surface area contributed by atoms with Crippen LogP contribution >= 0.6 is 0 Å². The zero-order chi connectivity index (χ0) is 35.1. The molecule has 1 heteroatoms. The highest BCUT2D eigenvalue weighted by molar-refractivity contribution is 6.09. The zero-order valence-corrected chi connectivity index (χ0v) is 29.2. The lowest BCUT2D eigenvalue weighted by Gasteiger charge is -2.26. The molecular weight excluding hydrogens is 639 g/mol. The summed E-state index contributed by atoms with van der Waals surface area (Å²) in [5.41, 5.74) is 10.6. The fraction of sp³-hybridized carbons (Fsp3) is 0. The number of hydrogen-bond acceptors (Lipinski definition) is 1. The first kappa shape index (κ1) is 30.8. The topological polar surface area (TPSA) is 3.24 Å². The molecule has 0 aliphatic rings. The maximum absolute atomic E-state index is 2.37. The van der Waals surface area contributed by atoms with Crippen molar-refractivity contribution in [1.82, 2.24) is 0 Å². The number of hydrogen-bond donors (Lipinski definition) is 0. The van der Waals surface area contributed by atoms with Gasteiger partial charge in [0.25, 0.3) is 0 Å². The lowest BCUT2D eigenvalue weighted by molar-refractivity contribution is 1.29. The summed E-state index contributed by atoms with van der Waals surface area (Å²) in [6.45, 7) is 0. The van der Waals surface area contributed by atoms with Crippen molar-refractivity contribution in [3.05, 3.63) is 212 Å². The molecule has 0 heterocycles. The molecule has 0 amide bonds. The third kappa shape index (κ3) is 5.69. The number of benzene rings is 10. The predicted molar refractivity (Wildman–Crippen MR) is 227 cm³/mol. The van der Waals surface area contributed by atoms with Crippen LogP contribution in [0.25, 0.3) is 76.5 Å². The molecule has 0 saturated carbocycles. The smallest absolute Gasteiger partial charge is 0.0468 e. The van der Waals surface area contributed by atoms with Crippen molar-refractivity contribution in [2.75, 3.05) is 4.90 Å². The van der Waals surface area contributed by atoms with E-state index in [4.69, 9.17) is 0 Å². The van der Waals surface area contributed by atoms with Gasteiger partial charge in [0.15, 0.2) is 0 Å². The molecule has 0 N–H and O–H groups in total. The minimum atomic E-state index is 1.11. The van der Waals surface area contributed by atoms with Crippen LogP contribution < -0.4 is 4.90 Å². The lowest BCUT2D eigenvalue weighted by atomic mass is 9.97. The van der Waals surface area contributed by atoms with Crippen LogP contribution in [-0.2, 0) is 0 Å². The van der Waals surface area contributed by atoms with Gasteiger partial charge in [-0.25, -0.2) is 0 Å². The molecule has 0 aliphatic heterocycles. The van der Waals surface area contributed by atoms with Crippen molar-refractivity contribution in [1.29, 1.82) is 0 Å². The maximum Gasteiger partial charge on any atom is 0.0468 e. The van der Waals surface area contributed by atoms with Crippen LogP contribution in [0.4, 0.5) is 17.1 Å². The number of nitrogens with zero attached hydrogens (tertiary/aromatic N) is 1. The van der Waals surface area contributed by atoms with Gasteiger partial charge >= 0.3 is 0 Å². The maximum atomic E-state index is 2.37. The minimum absolute atomic E-state index is 1.11. The second-order valence-electron chi connectivity index (χ2n) is 13.8. The monoisotopic (exact) mass is 673 g/mol. The van der Waals surface area contributed by atoms with Gasteiger partial charge in [-0.15, -0.1) is 0 Å². The van der Waals surface area contributed by atoms with E-state index >= 15 is 0 Å². The van der Waals surface area contributed by atoms with Crippen LogP contribution in [0.1, 0.15) is 0 Å². The molecule has 0 aromatic heterocycles. The molecule has 248 valence electrons. The van der Waals surface area contributed by atoms with E-state index < -0.39 is 0 Å². The normalized spacial score (nSPS) is 11.4. The van der Waals surface area contributed by atoms with E-state index in [1.165, 1.54) is 76.5 Å². The van der Waals surface area contributed by atoms with E-state index in [1.54, 1.807) is 0 Å². The molecule has 0 bridgehead atoms. The molecule has 0 unspecified atom stereocenters. The van der Waals surface area contributed by atoms with Crippen LogP contribution in [0.2, 0.25) is 0 Å². The Morgan fingerprint density at radius 1 is 0.208 bits per heavy atom.